The number of nitrogens with one attached hydrogen (secondary N) is 1. The predicted octanol–water partition coefficient (Wildman–Crippen LogP) is 3.18. The molecule has 1 aromatic carbocycles. The Morgan fingerprint density at radius 2 is 1.83 bits per heavy atom. The van der Waals surface area contributed by atoms with Crippen LogP contribution in [0.15, 0.2) is 22.7 Å². The van der Waals surface area contributed by atoms with Crippen LogP contribution in [-0.2, 0) is 10.0 Å². The Labute approximate surface area is 200 Å². The molecule has 5 rings (SSSR count). The highest BCUT2D eigenvalue weighted by molar-refractivity contribution is 7.89. The highest BCUT2D eigenvalue weighted by atomic mass is 32.2. The van der Waals surface area contributed by atoms with Crippen LogP contribution in [0.2, 0.25) is 0 Å². The van der Waals surface area contributed by atoms with Crippen molar-refractivity contribution in [2.24, 2.45) is 0 Å². The standard InChI is InChI=1S/C21H18F5N5O4S/c1-3-36(33,34)29-14-7-30-15(21(14,25)26)8-31(20(30)32)18-17-11(4-9(2)27-19(17)35-28-18)16-12(23)5-10(22)6-13(16)24/h4-6,14-15,29H,3,7-8H2,1-2H3/t14-,15-/m1/s1. The number of hydrogen-bond acceptors (Lipinski definition) is 6. The average molecular weight is 531 g/mol. The second-order valence-electron chi connectivity index (χ2n) is 8.55. The van der Waals surface area contributed by atoms with E-state index in [4.69, 9.17) is 4.52 Å². The fourth-order valence-corrected chi connectivity index (χ4v) is 5.39. The highest BCUT2D eigenvalue weighted by Crippen LogP contribution is 2.44. The number of pyridine rings is 1. The Bertz CT molecular complexity index is 1490. The maximum absolute atomic E-state index is 15.1. The molecule has 0 saturated carbocycles. The molecule has 15 heteroatoms. The van der Waals surface area contributed by atoms with E-state index < -0.39 is 75.9 Å². The van der Waals surface area contributed by atoms with Crippen LogP contribution in [-0.4, -0.2) is 66.3 Å². The topological polar surface area (TPSA) is 109 Å². The third-order valence-electron chi connectivity index (χ3n) is 6.29. The lowest BCUT2D eigenvalue weighted by Crippen LogP contribution is -2.51. The van der Waals surface area contributed by atoms with Gasteiger partial charge in [-0.05, 0) is 19.9 Å². The molecule has 192 valence electrons. The van der Waals surface area contributed by atoms with Crippen molar-refractivity contribution in [3.05, 3.63) is 41.3 Å². The zero-order valence-corrected chi connectivity index (χ0v) is 19.5. The zero-order chi connectivity index (χ0) is 26.2. The van der Waals surface area contributed by atoms with Gasteiger partial charge >= 0.3 is 6.03 Å². The molecule has 0 spiro atoms. The van der Waals surface area contributed by atoms with E-state index in [1.165, 1.54) is 19.9 Å². The molecule has 2 aliphatic heterocycles. The smallest absolute Gasteiger partial charge is 0.326 e. The summed E-state index contributed by atoms with van der Waals surface area (Å²) in [6.07, 6.45) is 0. The number of fused-ring (bicyclic) bond motifs is 2. The van der Waals surface area contributed by atoms with Gasteiger partial charge in [0.25, 0.3) is 11.6 Å². The molecular weight excluding hydrogens is 513 g/mol. The van der Waals surface area contributed by atoms with Crippen LogP contribution in [0.4, 0.5) is 32.6 Å². The van der Waals surface area contributed by atoms with Gasteiger partial charge < -0.3 is 9.42 Å². The van der Waals surface area contributed by atoms with Gasteiger partial charge in [0, 0.05) is 29.9 Å². The summed E-state index contributed by atoms with van der Waals surface area (Å²) < 4.78 is 104. The van der Waals surface area contributed by atoms with Crippen LogP contribution in [0.3, 0.4) is 0 Å². The molecule has 0 aliphatic carbocycles. The summed E-state index contributed by atoms with van der Waals surface area (Å²) in [5.41, 5.74) is -0.760. The summed E-state index contributed by atoms with van der Waals surface area (Å²) in [6.45, 7) is 1.58. The number of amides is 2. The molecule has 2 fully saturated rings. The van der Waals surface area contributed by atoms with Crippen molar-refractivity contribution in [3.8, 4) is 11.1 Å². The molecule has 9 nitrogen and oxygen atoms in total. The van der Waals surface area contributed by atoms with Crippen molar-refractivity contribution < 1.29 is 39.7 Å². The lowest BCUT2D eigenvalue weighted by molar-refractivity contribution is -0.0324. The van der Waals surface area contributed by atoms with Crippen LogP contribution < -0.4 is 9.62 Å². The Kier molecular flexibility index (Phi) is 5.48. The molecule has 0 radical (unpaired) electrons. The summed E-state index contributed by atoms with van der Waals surface area (Å²) in [5, 5.41) is 3.63. The van der Waals surface area contributed by atoms with Crippen LogP contribution in [0.25, 0.3) is 22.2 Å². The molecule has 1 N–H and O–H groups in total. The van der Waals surface area contributed by atoms with E-state index in [1.807, 2.05) is 4.72 Å². The molecule has 2 amide bonds. The number of anilines is 1. The number of alkyl halides is 2. The number of aryl methyl sites for hydroxylation is 1. The maximum atomic E-state index is 15.1. The molecule has 2 aliphatic rings. The summed E-state index contributed by atoms with van der Waals surface area (Å²) in [4.78, 5) is 18.9. The monoisotopic (exact) mass is 531 g/mol. The Morgan fingerprint density at radius 1 is 1.17 bits per heavy atom. The fourth-order valence-electron chi connectivity index (χ4n) is 4.56. The molecule has 2 aromatic heterocycles. The molecule has 4 heterocycles. The molecule has 0 bridgehead atoms. The minimum atomic E-state index is -3.97. The Morgan fingerprint density at radius 3 is 2.44 bits per heavy atom. The third kappa shape index (κ3) is 3.68. The van der Waals surface area contributed by atoms with Gasteiger partial charge in [-0.2, -0.15) is 0 Å². The van der Waals surface area contributed by atoms with Crippen molar-refractivity contribution in [2.45, 2.75) is 31.9 Å². The molecule has 2 saturated heterocycles. The van der Waals surface area contributed by atoms with E-state index in [0.717, 1.165) is 9.80 Å². The molecule has 2 atom stereocenters. The normalized spacial score (nSPS) is 21.6. The molecule has 0 unspecified atom stereocenters. The first-order valence-electron chi connectivity index (χ1n) is 10.7. The fraction of sp³-hybridized carbons (Fsp3) is 0.381. The minimum Gasteiger partial charge on any atom is -0.334 e. The number of halogens is 5. The Hall–Kier alpha value is -3.33. The van der Waals surface area contributed by atoms with Crippen molar-refractivity contribution in [1.82, 2.24) is 19.8 Å². The number of aromatic nitrogens is 2. The number of nitrogens with zero attached hydrogens (tertiary/aromatic N) is 4. The number of benzene rings is 1. The largest absolute Gasteiger partial charge is 0.334 e. The lowest BCUT2D eigenvalue weighted by Gasteiger charge is -2.23. The van der Waals surface area contributed by atoms with E-state index in [-0.39, 0.29) is 28.2 Å². The van der Waals surface area contributed by atoms with E-state index in [1.54, 1.807) is 0 Å². The third-order valence-corrected chi connectivity index (χ3v) is 7.69. The van der Waals surface area contributed by atoms with Gasteiger partial charge in [0.2, 0.25) is 10.0 Å². The Balaban J connectivity index is 1.58. The maximum Gasteiger partial charge on any atom is 0.326 e. The van der Waals surface area contributed by atoms with E-state index in [0.29, 0.717) is 12.1 Å². The van der Waals surface area contributed by atoms with Crippen molar-refractivity contribution >= 4 is 33.0 Å². The van der Waals surface area contributed by atoms with Gasteiger partial charge in [-0.15, -0.1) is 0 Å². The summed E-state index contributed by atoms with van der Waals surface area (Å²) in [5.74, 6) is -7.97. The van der Waals surface area contributed by atoms with Gasteiger partial charge in [0.1, 0.15) is 29.5 Å². The predicted molar refractivity (Wildman–Crippen MR) is 116 cm³/mol. The second kappa shape index (κ2) is 8.09. The minimum absolute atomic E-state index is 0.133. The SMILES string of the molecule is CCS(=O)(=O)N[C@@H]1CN2C(=O)N(c3noc4nc(C)cc(-c5c(F)cc(F)cc5F)c34)C[C@@H]2C1(F)F. The van der Waals surface area contributed by atoms with Gasteiger partial charge in [-0.3, -0.25) is 4.90 Å². The van der Waals surface area contributed by atoms with E-state index >= 15 is 8.78 Å². The number of carbonyl (C=O) groups is 1. The first kappa shape index (κ1) is 24.4. The first-order chi connectivity index (χ1) is 16.8. The highest BCUT2D eigenvalue weighted by Gasteiger charge is 2.63. The molecule has 3 aromatic rings. The second-order valence-corrected chi connectivity index (χ2v) is 10.6. The quantitative estimate of drug-likeness (QED) is 0.507. The summed E-state index contributed by atoms with van der Waals surface area (Å²) >= 11 is 0. The number of carbonyl (C=O) groups excluding carboxylic acids is 1. The van der Waals surface area contributed by atoms with Gasteiger partial charge in [-0.25, -0.2) is 44.9 Å². The molecule has 36 heavy (non-hydrogen) atoms. The summed E-state index contributed by atoms with van der Waals surface area (Å²) in [6, 6.07) is -2.24. The molecular formula is C21H18F5N5O4S. The number of hydrogen-bond donors (Lipinski definition) is 1. The van der Waals surface area contributed by atoms with E-state index in [2.05, 4.69) is 10.1 Å². The van der Waals surface area contributed by atoms with Crippen LogP contribution >= 0.6 is 0 Å². The number of sulfonamides is 1. The van der Waals surface area contributed by atoms with Crippen LogP contribution in [0.1, 0.15) is 12.6 Å². The summed E-state index contributed by atoms with van der Waals surface area (Å²) in [7, 11) is -3.97. The van der Waals surface area contributed by atoms with Crippen LogP contribution in [0.5, 0.6) is 0 Å². The van der Waals surface area contributed by atoms with Gasteiger partial charge in [0.15, 0.2) is 5.82 Å². The van der Waals surface area contributed by atoms with Gasteiger partial charge in [-0.1, -0.05) is 5.16 Å². The number of rotatable bonds is 5. The van der Waals surface area contributed by atoms with Crippen molar-refractivity contribution in [3.63, 3.8) is 0 Å². The van der Waals surface area contributed by atoms with E-state index in [9.17, 15) is 26.4 Å². The lowest BCUT2D eigenvalue weighted by atomic mass is 10.0. The zero-order valence-electron chi connectivity index (χ0n) is 18.7. The van der Waals surface area contributed by atoms with Crippen molar-refractivity contribution in [1.29, 1.82) is 0 Å². The van der Waals surface area contributed by atoms with Gasteiger partial charge in [0.05, 0.1) is 23.2 Å². The van der Waals surface area contributed by atoms with Crippen molar-refractivity contribution in [2.75, 3.05) is 23.7 Å². The van der Waals surface area contributed by atoms with Crippen LogP contribution in [0, 0.1) is 24.4 Å². The number of urea groups is 1. The average Bonchev–Trinajstić information content (AvgIpc) is 3.40. The first-order valence-corrected chi connectivity index (χ1v) is 12.4.